The first kappa shape index (κ1) is 21.7. The van der Waals surface area contributed by atoms with Gasteiger partial charge < -0.3 is 15.4 Å². The third kappa shape index (κ3) is 5.14. The van der Waals surface area contributed by atoms with E-state index in [0.717, 1.165) is 47.2 Å². The quantitative estimate of drug-likeness (QED) is 0.580. The van der Waals surface area contributed by atoms with Gasteiger partial charge in [-0.25, -0.2) is 0 Å². The number of hydrogen-bond acceptors (Lipinski definition) is 4. The lowest BCUT2D eigenvalue weighted by molar-refractivity contribution is -0.122. The molecule has 0 aliphatic carbocycles. The van der Waals surface area contributed by atoms with E-state index in [4.69, 9.17) is 9.90 Å². The van der Waals surface area contributed by atoms with Crippen LogP contribution in [0.15, 0.2) is 53.3 Å². The number of carbonyl (C=O) groups is 1. The van der Waals surface area contributed by atoms with Crippen molar-refractivity contribution in [2.24, 2.45) is 0 Å². The van der Waals surface area contributed by atoms with Crippen molar-refractivity contribution < 1.29 is 9.90 Å². The van der Waals surface area contributed by atoms with Gasteiger partial charge in [0.05, 0.1) is 0 Å². The molecular formula is C24H29N3O3. The van der Waals surface area contributed by atoms with Crippen LogP contribution in [0.4, 0.5) is 0 Å². The van der Waals surface area contributed by atoms with Crippen molar-refractivity contribution in [3.05, 3.63) is 70.0 Å². The molecule has 0 spiro atoms. The summed E-state index contributed by atoms with van der Waals surface area (Å²) >= 11 is 0. The molecule has 1 saturated heterocycles. The first-order chi connectivity index (χ1) is 14.4. The van der Waals surface area contributed by atoms with E-state index in [9.17, 15) is 4.79 Å². The zero-order chi connectivity index (χ0) is 21.7. The highest BCUT2D eigenvalue weighted by Gasteiger charge is 2.20. The molecule has 2 aromatic carbocycles. The van der Waals surface area contributed by atoms with Crippen molar-refractivity contribution in [3.8, 4) is 11.3 Å². The monoisotopic (exact) mass is 407 g/mol. The summed E-state index contributed by atoms with van der Waals surface area (Å²) in [5.41, 5.74) is 4.32. The van der Waals surface area contributed by atoms with Gasteiger partial charge in [0.1, 0.15) is 0 Å². The molecule has 3 aromatic rings. The Balaban J connectivity index is 0.000000806. The van der Waals surface area contributed by atoms with Crippen molar-refractivity contribution >= 4 is 17.2 Å². The van der Waals surface area contributed by atoms with Gasteiger partial charge in [0.25, 0.3) is 12.0 Å². The topological polar surface area (TPSA) is 85.4 Å². The standard InChI is InChI=1S/C23H27N3O.CH2O2/c1-15-5-4-6-20-21(15)11-22(25-23(20)27)19-9-7-18(8-10-19)14-26-12-16(2)24-17(3)13-26;2-1-3/h4-11,16-17,24H,12-14H2,1-3H3,(H,25,27);1H,(H,2,3). The van der Waals surface area contributed by atoms with E-state index in [1.807, 2.05) is 25.1 Å². The van der Waals surface area contributed by atoms with Gasteiger partial charge in [-0.3, -0.25) is 14.5 Å². The van der Waals surface area contributed by atoms with Crippen molar-refractivity contribution in [2.75, 3.05) is 13.1 Å². The van der Waals surface area contributed by atoms with Crippen molar-refractivity contribution in [1.82, 2.24) is 15.2 Å². The average Bonchev–Trinajstić information content (AvgIpc) is 2.69. The predicted molar refractivity (Wildman–Crippen MR) is 121 cm³/mol. The number of aryl methyl sites for hydroxylation is 1. The van der Waals surface area contributed by atoms with Gasteiger partial charge in [0.2, 0.25) is 0 Å². The molecule has 1 aliphatic rings. The van der Waals surface area contributed by atoms with Crippen LogP contribution in [-0.4, -0.2) is 46.6 Å². The molecule has 30 heavy (non-hydrogen) atoms. The number of nitrogens with zero attached hydrogens (tertiary/aromatic N) is 1. The molecule has 2 unspecified atom stereocenters. The summed E-state index contributed by atoms with van der Waals surface area (Å²) in [4.78, 5) is 26.3. The lowest BCUT2D eigenvalue weighted by atomic mass is 10.0. The lowest BCUT2D eigenvalue weighted by Gasteiger charge is -2.36. The minimum atomic E-state index is -0.250. The molecule has 3 N–H and O–H groups in total. The summed E-state index contributed by atoms with van der Waals surface area (Å²) in [6, 6.07) is 17.6. The zero-order valence-corrected chi connectivity index (χ0v) is 17.7. The Morgan fingerprint density at radius 2 is 1.70 bits per heavy atom. The Kier molecular flexibility index (Phi) is 7.03. The summed E-state index contributed by atoms with van der Waals surface area (Å²) < 4.78 is 0. The molecule has 1 aliphatic heterocycles. The van der Waals surface area contributed by atoms with Gasteiger partial charge in [0, 0.05) is 42.8 Å². The maximum Gasteiger partial charge on any atom is 0.290 e. The molecule has 158 valence electrons. The van der Waals surface area contributed by atoms with Crippen LogP contribution in [0.2, 0.25) is 0 Å². The van der Waals surface area contributed by atoms with Crippen LogP contribution in [0.5, 0.6) is 0 Å². The van der Waals surface area contributed by atoms with Crippen LogP contribution in [0.25, 0.3) is 22.0 Å². The minimum Gasteiger partial charge on any atom is -0.483 e. The van der Waals surface area contributed by atoms with Crippen LogP contribution >= 0.6 is 0 Å². The maximum atomic E-state index is 12.4. The van der Waals surface area contributed by atoms with Gasteiger partial charge in [-0.1, -0.05) is 36.4 Å². The molecule has 1 fully saturated rings. The fourth-order valence-electron chi connectivity index (χ4n) is 4.21. The lowest BCUT2D eigenvalue weighted by Crippen LogP contribution is -2.53. The van der Waals surface area contributed by atoms with Crippen molar-refractivity contribution in [2.45, 2.75) is 39.4 Å². The number of nitrogens with one attached hydrogen (secondary N) is 2. The van der Waals surface area contributed by atoms with Gasteiger partial charge in [-0.05, 0) is 55.0 Å². The molecule has 6 nitrogen and oxygen atoms in total. The van der Waals surface area contributed by atoms with E-state index in [1.165, 1.54) is 5.56 Å². The molecule has 2 heterocycles. The van der Waals surface area contributed by atoms with E-state index in [-0.39, 0.29) is 12.0 Å². The Hall–Kier alpha value is -2.96. The largest absolute Gasteiger partial charge is 0.483 e. The Morgan fingerprint density at radius 1 is 1.07 bits per heavy atom. The highest BCUT2D eigenvalue weighted by molar-refractivity contribution is 5.87. The number of hydrogen-bond donors (Lipinski definition) is 3. The fraction of sp³-hybridized carbons (Fsp3) is 0.333. The normalized spacial score (nSPS) is 19.2. The second-order valence-electron chi connectivity index (χ2n) is 8.01. The molecule has 0 radical (unpaired) electrons. The summed E-state index contributed by atoms with van der Waals surface area (Å²) in [6.07, 6.45) is 0. The molecular weight excluding hydrogens is 378 g/mol. The number of rotatable bonds is 3. The van der Waals surface area contributed by atoms with Gasteiger partial charge in [0.15, 0.2) is 0 Å². The third-order valence-corrected chi connectivity index (χ3v) is 5.41. The van der Waals surface area contributed by atoms with Gasteiger partial charge in [-0.15, -0.1) is 0 Å². The number of piperazine rings is 1. The predicted octanol–water partition coefficient (Wildman–Crippen LogP) is 3.39. The van der Waals surface area contributed by atoms with E-state index >= 15 is 0 Å². The van der Waals surface area contributed by atoms with Crippen LogP contribution in [0.1, 0.15) is 25.0 Å². The van der Waals surface area contributed by atoms with E-state index in [1.54, 1.807) is 0 Å². The average molecular weight is 408 g/mol. The van der Waals surface area contributed by atoms with E-state index in [0.29, 0.717) is 12.1 Å². The van der Waals surface area contributed by atoms with Crippen LogP contribution in [-0.2, 0) is 11.3 Å². The number of benzene rings is 2. The molecule has 4 rings (SSSR count). The van der Waals surface area contributed by atoms with Crippen LogP contribution in [0, 0.1) is 6.92 Å². The second kappa shape index (κ2) is 9.69. The Labute approximate surface area is 176 Å². The number of pyridine rings is 1. The summed E-state index contributed by atoms with van der Waals surface area (Å²) in [5.74, 6) is 0. The number of H-pyrrole nitrogens is 1. The first-order valence-electron chi connectivity index (χ1n) is 10.2. The number of aromatic nitrogens is 1. The summed E-state index contributed by atoms with van der Waals surface area (Å²) in [6.45, 7) is 9.38. The molecule has 0 saturated carbocycles. The fourth-order valence-corrected chi connectivity index (χ4v) is 4.21. The molecule has 1 aromatic heterocycles. The Bertz CT molecular complexity index is 1050. The third-order valence-electron chi connectivity index (χ3n) is 5.41. The van der Waals surface area contributed by atoms with Crippen LogP contribution < -0.4 is 10.9 Å². The summed E-state index contributed by atoms with van der Waals surface area (Å²) in [5, 5.41) is 12.2. The highest BCUT2D eigenvalue weighted by Crippen LogP contribution is 2.23. The number of fused-ring (bicyclic) bond motifs is 1. The van der Waals surface area contributed by atoms with Gasteiger partial charge in [-0.2, -0.15) is 0 Å². The van der Waals surface area contributed by atoms with Crippen molar-refractivity contribution in [3.63, 3.8) is 0 Å². The second-order valence-corrected chi connectivity index (χ2v) is 8.01. The molecule has 0 amide bonds. The SMILES string of the molecule is Cc1cccc2c(=O)[nH]c(-c3ccc(CN4CC(C)NC(C)C4)cc3)cc12.O=CO. The van der Waals surface area contributed by atoms with E-state index < -0.39 is 0 Å². The Morgan fingerprint density at radius 3 is 2.33 bits per heavy atom. The molecule has 6 heteroatoms. The highest BCUT2D eigenvalue weighted by atomic mass is 16.3. The van der Waals surface area contributed by atoms with E-state index in [2.05, 4.69) is 59.4 Å². The smallest absolute Gasteiger partial charge is 0.290 e. The molecule has 0 bridgehead atoms. The number of carboxylic acid groups (broad SMARTS) is 1. The maximum absolute atomic E-state index is 12.4. The first-order valence-corrected chi connectivity index (χ1v) is 10.2. The van der Waals surface area contributed by atoms with Gasteiger partial charge >= 0.3 is 0 Å². The minimum absolute atomic E-state index is 0.0286. The van der Waals surface area contributed by atoms with Crippen molar-refractivity contribution in [1.29, 1.82) is 0 Å². The zero-order valence-electron chi connectivity index (χ0n) is 17.7. The number of aromatic amines is 1. The molecule has 2 atom stereocenters. The van der Waals surface area contributed by atoms with Crippen LogP contribution in [0.3, 0.4) is 0 Å². The summed E-state index contributed by atoms with van der Waals surface area (Å²) in [7, 11) is 0.